The van der Waals surface area contributed by atoms with E-state index in [0.29, 0.717) is 0 Å². The van der Waals surface area contributed by atoms with Crippen LogP contribution >= 0.6 is 15.9 Å². The second-order valence-corrected chi connectivity index (χ2v) is 6.81. The van der Waals surface area contributed by atoms with Gasteiger partial charge in [-0.05, 0) is 28.1 Å². The Kier molecular flexibility index (Phi) is 3.63. The Hall–Kier alpha value is -1.06. The molecule has 5 nitrogen and oxygen atoms in total. The van der Waals surface area contributed by atoms with Gasteiger partial charge in [0.15, 0.2) is 11.6 Å². The molecule has 1 aromatic rings. The van der Waals surface area contributed by atoms with Gasteiger partial charge in [0.05, 0.1) is 10.2 Å². The average molecular weight is 355 g/mol. The molecule has 1 aromatic carbocycles. The zero-order valence-corrected chi connectivity index (χ0v) is 11.8. The van der Waals surface area contributed by atoms with E-state index in [1.165, 1.54) is 12.1 Å². The van der Waals surface area contributed by atoms with Crippen LogP contribution in [0.4, 0.5) is 14.5 Å². The molecular weight excluding hydrogens is 346 g/mol. The summed E-state index contributed by atoms with van der Waals surface area (Å²) in [4.78, 5) is 12.6. The van der Waals surface area contributed by atoms with Crippen molar-refractivity contribution in [2.75, 3.05) is 11.4 Å². The number of nitrogens with two attached hydrogens (primary N) is 1. The van der Waals surface area contributed by atoms with Gasteiger partial charge < -0.3 is 4.90 Å². The molecule has 9 heteroatoms. The molecule has 1 saturated heterocycles. The normalized spacial score (nSPS) is 20.1. The quantitative estimate of drug-likeness (QED) is 0.808. The summed E-state index contributed by atoms with van der Waals surface area (Å²) in [6, 6.07) is 2.44. The predicted molar refractivity (Wildman–Crippen MR) is 67.9 cm³/mol. The van der Waals surface area contributed by atoms with Crippen LogP contribution in [0.2, 0.25) is 0 Å². The van der Waals surface area contributed by atoms with Crippen LogP contribution in [0.25, 0.3) is 0 Å². The largest absolute Gasteiger partial charge is 0.308 e. The van der Waals surface area contributed by atoms with E-state index in [1.54, 1.807) is 0 Å². The third kappa shape index (κ3) is 2.63. The maximum absolute atomic E-state index is 13.7. The second-order valence-electron chi connectivity index (χ2n) is 4.11. The number of benzene rings is 1. The number of halogens is 3. The number of primary sulfonamides is 1. The molecule has 1 aliphatic rings. The summed E-state index contributed by atoms with van der Waals surface area (Å²) in [5.74, 6) is -2.96. The van der Waals surface area contributed by atoms with Crippen molar-refractivity contribution in [1.82, 2.24) is 0 Å². The maximum Gasteiger partial charge on any atom is 0.228 e. The summed E-state index contributed by atoms with van der Waals surface area (Å²) in [7, 11) is -3.90. The van der Waals surface area contributed by atoms with Crippen molar-refractivity contribution in [3.8, 4) is 0 Å². The first-order chi connectivity index (χ1) is 8.71. The topological polar surface area (TPSA) is 80.5 Å². The van der Waals surface area contributed by atoms with Crippen molar-refractivity contribution in [2.45, 2.75) is 11.7 Å². The lowest BCUT2D eigenvalue weighted by molar-refractivity contribution is -0.117. The fourth-order valence-corrected chi connectivity index (χ4v) is 2.89. The van der Waals surface area contributed by atoms with Gasteiger partial charge >= 0.3 is 0 Å². The Morgan fingerprint density at radius 2 is 1.95 bits per heavy atom. The third-order valence-corrected chi connectivity index (χ3v) is 4.72. The molecule has 0 bridgehead atoms. The third-order valence-electron chi connectivity index (χ3n) is 2.86. The van der Waals surface area contributed by atoms with E-state index in [0.717, 1.165) is 4.90 Å². The molecule has 1 unspecified atom stereocenters. The van der Waals surface area contributed by atoms with Crippen molar-refractivity contribution >= 4 is 37.5 Å². The molecule has 1 heterocycles. The maximum atomic E-state index is 13.7. The number of carbonyl (C=O) groups is 1. The van der Waals surface area contributed by atoms with Gasteiger partial charge in [0, 0.05) is 13.0 Å². The monoisotopic (exact) mass is 354 g/mol. The molecule has 0 spiro atoms. The van der Waals surface area contributed by atoms with Crippen LogP contribution in [0.3, 0.4) is 0 Å². The molecule has 19 heavy (non-hydrogen) atoms. The van der Waals surface area contributed by atoms with Gasteiger partial charge in [0.2, 0.25) is 15.9 Å². The van der Waals surface area contributed by atoms with Gasteiger partial charge in [0.1, 0.15) is 5.25 Å². The molecule has 1 aliphatic heterocycles. The zero-order chi connectivity index (χ0) is 14.4. The Morgan fingerprint density at radius 1 is 1.32 bits per heavy atom. The van der Waals surface area contributed by atoms with Crippen molar-refractivity contribution in [3.05, 3.63) is 28.2 Å². The van der Waals surface area contributed by atoms with Crippen LogP contribution in [0.5, 0.6) is 0 Å². The van der Waals surface area contributed by atoms with Crippen LogP contribution in [0, 0.1) is 11.6 Å². The highest BCUT2D eigenvalue weighted by Crippen LogP contribution is 2.30. The minimum atomic E-state index is -3.90. The van der Waals surface area contributed by atoms with Gasteiger partial charge in [-0.15, -0.1) is 0 Å². The molecule has 2 N–H and O–H groups in total. The Labute approximate surface area is 116 Å². The van der Waals surface area contributed by atoms with Gasteiger partial charge in [-0.2, -0.15) is 0 Å². The summed E-state index contributed by atoms with van der Waals surface area (Å²) in [5.41, 5.74) is -0.295. The number of hydrogen-bond donors (Lipinski definition) is 1. The summed E-state index contributed by atoms with van der Waals surface area (Å²) >= 11 is 2.81. The Balaban J connectivity index is 2.39. The molecule has 0 saturated carbocycles. The van der Waals surface area contributed by atoms with Crippen LogP contribution in [-0.4, -0.2) is 26.1 Å². The smallest absolute Gasteiger partial charge is 0.228 e. The van der Waals surface area contributed by atoms with E-state index >= 15 is 0 Å². The number of carbonyl (C=O) groups excluding carboxylic acids is 1. The highest BCUT2D eigenvalue weighted by Gasteiger charge is 2.38. The lowest BCUT2D eigenvalue weighted by atomic mass is 10.2. The summed E-state index contributed by atoms with van der Waals surface area (Å²) in [5, 5.41) is 3.85. The van der Waals surface area contributed by atoms with Crippen LogP contribution in [-0.2, 0) is 14.8 Å². The molecule has 0 aliphatic carbocycles. The lowest BCUT2D eigenvalue weighted by Gasteiger charge is -2.17. The first kappa shape index (κ1) is 14.4. The van der Waals surface area contributed by atoms with E-state index in [9.17, 15) is 22.0 Å². The van der Waals surface area contributed by atoms with Gasteiger partial charge in [0.25, 0.3) is 0 Å². The zero-order valence-electron chi connectivity index (χ0n) is 9.44. The fourth-order valence-electron chi connectivity index (χ4n) is 1.85. The lowest BCUT2D eigenvalue weighted by Crippen LogP contribution is -2.32. The minimum absolute atomic E-state index is 0.0802. The molecular formula is C10H9BrF2N2O3S. The average Bonchev–Trinajstić information content (AvgIpc) is 2.68. The molecule has 104 valence electrons. The predicted octanol–water partition coefficient (Wildman–Crippen LogP) is 1.12. The van der Waals surface area contributed by atoms with Crippen LogP contribution < -0.4 is 10.0 Å². The number of hydrogen-bond acceptors (Lipinski definition) is 3. The van der Waals surface area contributed by atoms with Crippen LogP contribution in [0.1, 0.15) is 6.42 Å². The van der Waals surface area contributed by atoms with Gasteiger partial charge in [-0.3, -0.25) is 4.79 Å². The first-order valence-corrected chi connectivity index (χ1v) is 7.57. The summed E-state index contributed by atoms with van der Waals surface area (Å²) < 4.78 is 49.4. The van der Waals surface area contributed by atoms with Gasteiger partial charge in [-0.25, -0.2) is 22.3 Å². The summed E-state index contributed by atoms with van der Waals surface area (Å²) in [6.07, 6.45) is -0.337. The van der Waals surface area contributed by atoms with Crippen molar-refractivity contribution in [1.29, 1.82) is 0 Å². The van der Waals surface area contributed by atoms with Crippen molar-refractivity contribution < 1.29 is 22.0 Å². The number of rotatable bonds is 2. The number of nitrogens with zero attached hydrogens (tertiary/aromatic N) is 1. The highest BCUT2D eigenvalue weighted by atomic mass is 79.9. The molecule has 0 aromatic heterocycles. The Morgan fingerprint density at radius 3 is 2.47 bits per heavy atom. The molecule has 0 radical (unpaired) electrons. The number of anilines is 1. The van der Waals surface area contributed by atoms with E-state index in [-0.39, 0.29) is 23.1 Å². The Bertz CT molecular complexity index is 650. The second kappa shape index (κ2) is 4.80. The fraction of sp³-hybridized carbons (Fsp3) is 0.300. The highest BCUT2D eigenvalue weighted by molar-refractivity contribution is 9.10. The molecule has 2 rings (SSSR count). The minimum Gasteiger partial charge on any atom is -0.308 e. The van der Waals surface area contributed by atoms with E-state index in [1.807, 2.05) is 0 Å². The first-order valence-electron chi connectivity index (χ1n) is 5.17. The van der Waals surface area contributed by atoms with Gasteiger partial charge in [-0.1, -0.05) is 0 Å². The van der Waals surface area contributed by atoms with E-state index in [4.69, 9.17) is 5.14 Å². The SMILES string of the molecule is NS(=O)(=O)C1CC(=O)N(c2ccc(Br)c(F)c2F)C1. The van der Waals surface area contributed by atoms with Crippen molar-refractivity contribution in [2.24, 2.45) is 5.14 Å². The summed E-state index contributed by atoms with van der Waals surface area (Å²) in [6.45, 7) is -0.282. The molecule has 1 atom stereocenters. The number of sulfonamides is 1. The number of amides is 1. The van der Waals surface area contributed by atoms with Crippen molar-refractivity contribution in [3.63, 3.8) is 0 Å². The standard InChI is InChI=1S/C10H9BrF2N2O3S/c11-6-1-2-7(10(13)9(6)12)15-4-5(3-8(15)16)19(14,17)18/h1-2,5H,3-4H2,(H2,14,17,18). The van der Waals surface area contributed by atoms with E-state index in [2.05, 4.69) is 15.9 Å². The van der Waals surface area contributed by atoms with Crippen LogP contribution in [0.15, 0.2) is 16.6 Å². The van der Waals surface area contributed by atoms with E-state index < -0.39 is 32.8 Å². The molecule has 1 fully saturated rings. The molecule has 1 amide bonds.